The molecule has 0 aromatic heterocycles. The number of halogens is 3. The van der Waals surface area contributed by atoms with Gasteiger partial charge in [0.1, 0.15) is 5.75 Å². The molecule has 3 rings (SSSR count). The summed E-state index contributed by atoms with van der Waals surface area (Å²) >= 11 is 3.46. The first-order valence-corrected chi connectivity index (χ1v) is 8.56. The molecule has 1 aromatic carbocycles. The predicted octanol–water partition coefficient (Wildman–Crippen LogP) is 3.37. The molecule has 2 fully saturated rings. The molecule has 132 valence electrons. The van der Waals surface area contributed by atoms with Crippen LogP contribution in [0.4, 0.5) is 0 Å². The second-order valence-electron chi connectivity index (χ2n) is 5.86. The highest BCUT2D eigenvalue weighted by atomic mass is 79.9. The van der Waals surface area contributed by atoms with Crippen molar-refractivity contribution < 1.29 is 9.84 Å². The van der Waals surface area contributed by atoms with E-state index in [-0.39, 0.29) is 30.9 Å². The molecule has 1 atom stereocenters. The molecule has 0 aliphatic carbocycles. The number of aromatic hydroxyl groups is 1. The topological polar surface area (TPSA) is 44.7 Å². The van der Waals surface area contributed by atoms with E-state index in [0.29, 0.717) is 11.7 Å². The Morgan fingerprint density at radius 2 is 1.83 bits per heavy atom. The highest BCUT2D eigenvalue weighted by molar-refractivity contribution is 9.10. The Bertz CT molecular complexity index is 463. The Hall–Kier alpha value is -0.0400. The van der Waals surface area contributed by atoms with E-state index in [9.17, 15) is 5.11 Å². The number of para-hydroxylation sites is 1. The summed E-state index contributed by atoms with van der Waals surface area (Å²) in [7, 11) is 0. The standard InChI is InChI=1S/C16H23BrN2O2.2ClH/c17-14-3-1-2-13(16(14)20)15(12-4-10-21-11-5-12)19-8-6-18-7-9-19;;/h1-3,12,15,18,20H,4-11H2;2*1H/t15-;;/m0../s1. The maximum absolute atomic E-state index is 10.5. The molecule has 0 bridgehead atoms. The van der Waals surface area contributed by atoms with Gasteiger partial charge in [0.25, 0.3) is 0 Å². The summed E-state index contributed by atoms with van der Waals surface area (Å²) in [4.78, 5) is 2.52. The van der Waals surface area contributed by atoms with Gasteiger partial charge in [-0.3, -0.25) is 4.90 Å². The molecule has 0 spiro atoms. The second-order valence-corrected chi connectivity index (χ2v) is 6.71. The summed E-state index contributed by atoms with van der Waals surface area (Å²) in [6, 6.07) is 6.28. The van der Waals surface area contributed by atoms with Crippen molar-refractivity contribution in [3.05, 3.63) is 28.2 Å². The number of nitrogens with one attached hydrogen (secondary N) is 1. The molecule has 1 aromatic rings. The molecule has 0 radical (unpaired) electrons. The van der Waals surface area contributed by atoms with Gasteiger partial charge >= 0.3 is 0 Å². The zero-order valence-corrected chi connectivity index (χ0v) is 16.3. The minimum atomic E-state index is 0. The lowest BCUT2D eigenvalue weighted by atomic mass is 9.85. The van der Waals surface area contributed by atoms with Gasteiger partial charge in [0.05, 0.1) is 4.47 Å². The Labute approximate surface area is 158 Å². The van der Waals surface area contributed by atoms with Gasteiger partial charge in [-0.25, -0.2) is 0 Å². The third-order valence-electron chi connectivity index (χ3n) is 4.59. The summed E-state index contributed by atoms with van der Waals surface area (Å²) in [6.45, 7) is 5.79. The monoisotopic (exact) mass is 426 g/mol. The highest BCUT2D eigenvalue weighted by Gasteiger charge is 2.33. The van der Waals surface area contributed by atoms with Crippen LogP contribution in [0.25, 0.3) is 0 Å². The molecule has 2 saturated heterocycles. The van der Waals surface area contributed by atoms with Crippen molar-refractivity contribution in [2.24, 2.45) is 5.92 Å². The number of piperazine rings is 1. The van der Waals surface area contributed by atoms with E-state index in [4.69, 9.17) is 4.74 Å². The van der Waals surface area contributed by atoms with Crippen molar-refractivity contribution in [1.29, 1.82) is 0 Å². The number of rotatable bonds is 3. The molecule has 2 aliphatic heterocycles. The summed E-state index contributed by atoms with van der Waals surface area (Å²) in [5.41, 5.74) is 1.05. The fraction of sp³-hybridized carbons (Fsp3) is 0.625. The van der Waals surface area contributed by atoms with E-state index in [0.717, 1.165) is 62.3 Å². The van der Waals surface area contributed by atoms with E-state index in [1.165, 1.54) is 0 Å². The third kappa shape index (κ3) is 4.97. The van der Waals surface area contributed by atoms with E-state index in [1.807, 2.05) is 12.1 Å². The fourth-order valence-electron chi connectivity index (χ4n) is 3.51. The van der Waals surface area contributed by atoms with Crippen LogP contribution in [-0.2, 0) is 4.74 Å². The number of phenolic OH excluding ortho intramolecular Hbond substituents is 1. The van der Waals surface area contributed by atoms with Gasteiger partial charge < -0.3 is 15.2 Å². The summed E-state index contributed by atoms with van der Waals surface area (Å²) < 4.78 is 6.31. The number of hydrogen-bond acceptors (Lipinski definition) is 4. The van der Waals surface area contributed by atoms with Gasteiger partial charge in [-0.1, -0.05) is 12.1 Å². The van der Waals surface area contributed by atoms with Gasteiger partial charge in [0.2, 0.25) is 0 Å². The Kier molecular flexibility index (Phi) is 9.19. The van der Waals surface area contributed by atoms with E-state index >= 15 is 0 Å². The van der Waals surface area contributed by atoms with Crippen LogP contribution in [0.3, 0.4) is 0 Å². The van der Waals surface area contributed by atoms with E-state index < -0.39 is 0 Å². The molecule has 23 heavy (non-hydrogen) atoms. The normalized spacial score (nSPS) is 21.1. The van der Waals surface area contributed by atoms with E-state index in [2.05, 4.69) is 32.2 Å². The minimum Gasteiger partial charge on any atom is -0.506 e. The van der Waals surface area contributed by atoms with Crippen LogP contribution >= 0.6 is 40.7 Å². The van der Waals surface area contributed by atoms with Crippen molar-refractivity contribution in [2.45, 2.75) is 18.9 Å². The summed E-state index contributed by atoms with van der Waals surface area (Å²) in [5, 5.41) is 13.9. The predicted molar refractivity (Wildman–Crippen MR) is 101 cm³/mol. The van der Waals surface area contributed by atoms with Crippen LogP contribution < -0.4 is 5.32 Å². The average molecular weight is 428 g/mol. The Morgan fingerprint density at radius 3 is 2.48 bits per heavy atom. The number of phenols is 1. The lowest BCUT2D eigenvalue weighted by Crippen LogP contribution is -2.47. The molecular weight excluding hydrogens is 403 g/mol. The molecule has 2 N–H and O–H groups in total. The van der Waals surface area contributed by atoms with Crippen molar-refractivity contribution in [2.75, 3.05) is 39.4 Å². The van der Waals surface area contributed by atoms with Crippen molar-refractivity contribution in [1.82, 2.24) is 10.2 Å². The number of nitrogens with zero attached hydrogens (tertiary/aromatic N) is 1. The maximum Gasteiger partial charge on any atom is 0.134 e. The smallest absolute Gasteiger partial charge is 0.134 e. The molecule has 7 heteroatoms. The first kappa shape index (κ1) is 21.0. The molecule has 4 nitrogen and oxygen atoms in total. The largest absolute Gasteiger partial charge is 0.506 e. The second kappa shape index (κ2) is 10.1. The fourth-order valence-corrected chi connectivity index (χ4v) is 3.89. The van der Waals surface area contributed by atoms with Crippen LogP contribution in [0.2, 0.25) is 0 Å². The number of ether oxygens (including phenoxy) is 1. The summed E-state index contributed by atoms with van der Waals surface area (Å²) in [6.07, 6.45) is 2.14. The first-order chi connectivity index (χ1) is 10.3. The van der Waals surface area contributed by atoms with Crippen molar-refractivity contribution >= 4 is 40.7 Å². The average Bonchev–Trinajstić information content (AvgIpc) is 2.54. The quantitative estimate of drug-likeness (QED) is 0.776. The van der Waals surface area contributed by atoms with Gasteiger partial charge in [-0.15, -0.1) is 24.8 Å². The molecule has 2 aliphatic rings. The van der Waals surface area contributed by atoms with E-state index in [1.54, 1.807) is 0 Å². The zero-order chi connectivity index (χ0) is 14.7. The third-order valence-corrected chi connectivity index (χ3v) is 5.23. The maximum atomic E-state index is 10.5. The lowest BCUT2D eigenvalue weighted by Gasteiger charge is -2.41. The number of benzene rings is 1. The van der Waals surface area contributed by atoms with Crippen LogP contribution in [0.5, 0.6) is 5.75 Å². The van der Waals surface area contributed by atoms with Gasteiger partial charge in [0, 0.05) is 51.0 Å². The lowest BCUT2D eigenvalue weighted by molar-refractivity contribution is 0.0206. The van der Waals surface area contributed by atoms with Crippen LogP contribution in [0.1, 0.15) is 24.4 Å². The van der Waals surface area contributed by atoms with Crippen molar-refractivity contribution in [3.63, 3.8) is 0 Å². The highest BCUT2D eigenvalue weighted by Crippen LogP contribution is 2.41. The Balaban J connectivity index is 0.00000132. The number of hydrogen-bond donors (Lipinski definition) is 2. The molecule has 0 saturated carbocycles. The van der Waals surface area contributed by atoms with Crippen molar-refractivity contribution in [3.8, 4) is 5.75 Å². The minimum absolute atomic E-state index is 0. The first-order valence-electron chi connectivity index (χ1n) is 7.77. The van der Waals surface area contributed by atoms with Crippen LogP contribution in [0, 0.1) is 5.92 Å². The molecule has 0 unspecified atom stereocenters. The zero-order valence-electron chi connectivity index (χ0n) is 13.0. The Morgan fingerprint density at radius 1 is 1.17 bits per heavy atom. The summed E-state index contributed by atoms with van der Waals surface area (Å²) in [5.74, 6) is 0.949. The molecule has 2 heterocycles. The van der Waals surface area contributed by atoms with Crippen LogP contribution in [0.15, 0.2) is 22.7 Å². The van der Waals surface area contributed by atoms with Crippen LogP contribution in [-0.4, -0.2) is 49.4 Å². The van der Waals surface area contributed by atoms with Gasteiger partial charge in [-0.2, -0.15) is 0 Å². The van der Waals surface area contributed by atoms with Gasteiger partial charge in [-0.05, 0) is 40.8 Å². The SMILES string of the molecule is Cl.Cl.Oc1c(Br)cccc1[C@H](C1CCOCC1)N1CCNCC1. The van der Waals surface area contributed by atoms with Gasteiger partial charge in [0.15, 0.2) is 0 Å². The molecular formula is C16H25BrCl2N2O2. The molecule has 0 amide bonds.